The van der Waals surface area contributed by atoms with Crippen molar-refractivity contribution in [2.24, 2.45) is 0 Å². The molecule has 5 rings (SSSR count). The number of nitrogens with zero attached hydrogens (tertiary/aromatic N) is 3. The van der Waals surface area contributed by atoms with Crippen molar-refractivity contribution in [3.05, 3.63) is 118 Å². The lowest BCUT2D eigenvalue weighted by molar-refractivity contribution is -0.117. The molecule has 1 aromatic heterocycles. The van der Waals surface area contributed by atoms with Crippen molar-refractivity contribution in [3.63, 3.8) is 0 Å². The first-order chi connectivity index (χ1) is 17.4. The Morgan fingerprint density at radius 1 is 1.06 bits per heavy atom. The zero-order valence-corrected chi connectivity index (χ0v) is 19.8. The predicted octanol–water partition coefficient (Wildman–Crippen LogP) is 5.91. The molecule has 1 aliphatic rings. The Morgan fingerprint density at radius 3 is 2.36 bits per heavy atom. The van der Waals surface area contributed by atoms with Gasteiger partial charge in [0, 0.05) is 11.3 Å². The van der Waals surface area contributed by atoms with Gasteiger partial charge >= 0.3 is 0 Å². The van der Waals surface area contributed by atoms with Gasteiger partial charge in [0.25, 0.3) is 5.91 Å². The number of carbonyl (C=O) groups is 2. The van der Waals surface area contributed by atoms with Gasteiger partial charge in [-0.3, -0.25) is 14.5 Å². The number of aliphatic hydroxyl groups excluding tert-OH is 1. The van der Waals surface area contributed by atoms with E-state index >= 15 is 0 Å². The van der Waals surface area contributed by atoms with Crippen LogP contribution in [0.5, 0.6) is 0 Å². The summed E-state index contributed by atoms with van der Waals surface area (Å²) in [4.78, 5) is 33.3. The zero-order chi connectivity index (χ0) is 25.4. The summed E-state index contributed by atoms with van der Waals surface area (Å²) in [5.41, 5.74) is 2.44. The molecule has 0 aliphatic carbocycles. The van der Waals surface area contributed by atoms with E-state index in [0.717, 1.165) is 5.56 Å². The van der Waals surface area contributed by atoms with E-state index in [1.54, 1.807) is 31.2 Å². The van der Waals surface area contributed by atoms with Crippen molar-refractivity contribution in [2.75, 3.05) is 4.90 Å². The lowest BCUT2D eigenvalue weighted by Gasteiger charge is -2.27. The molecule has 4 aromatic rings. The molecule has 6 nitrogen and oxygen atoms in total. The van der Waals surface area contributed by atoms with Gasteiger partial charge in [-0.1, -0.05) is 42.5 Å². The minimum absolute atomic E-state index is 0.109. The quantitative estimate of drug-likeness (QED) is 0.347. The topological polar surface area (TPSA) is 94.3 Å². The van der Waals surface area contributed by atoms with Crippen LogP contribution in [0.25, 0.3) is 10.6 Å². The van der Waals surface area contributed by atoms with E-state index in [-0.39, 0.29) is 5.57 Å². The van der Waals surface area contributed by atoms with Crippen molar-refractivity contribution < 1.29 is 19.1 Å². The van der Waals surface area contributed by atoms with Crippen LogP contribution in [-0.2, 0) is 4.79 Å². The lowest BCUT2D eigenvalue weighted by atomic mass is 9.94. The molecule has 0 radical (unpaired) electrons. The molecule has 0 bridgehead atoms. The Morgan fingerprint density at radius 2 is 1.72 bits per heavy atom. The molecule has 1 aliphatic heterocycles. The molecule has 0 fully saturated rings. The van der Waals surface area contributed by atoms with Gasteiger partial charge in [0.15, 0.2) is 5.76 Å². The van der Waals surface area contributed by atoms with Gasteiger partial charge in [-0.05, 0) is 48.9 Å². The number of Topliss-reactive ketones (excluding diaryl/α,β-unsaturated/α-hetero) is 1. The normalized spacial score (nSPS) is 15.3. The highest BCUT2D eigenvalue weighted by Gasteiger charge is 2.45. The first-order valence-electron chi connectivity index (χ1n) is 11.0. The third-order valence-corrected chi connectivity index (χ3v) is 7.14. The number of thiazole rings is 1. The van der Waals surface area contributed by atoms with Crippen molar-refractivity contribution in [1.29, 1.82) is 5.26 Å². The number of carbonyl (C=O) groups excluding carboxylic acids is 2. The first-order valence-corrected chi connectivity index (χ1v) is 11.8. The molecular formula is C28H18FN3O3S. The molecule has 0 saturated carbocycles. The molecule has 0 spiro atoms. The molecule has 2 heterocycles. The van der Waals surface area contributed by atoms with Gasteiger partial charge in [0.1, 0.15) is 10.8 Å². The molecule has 3 aromatic carbocycles. The summed E-state index contributed by atoms with van der Waals surface area (Å²) in [5.74, 6) is -2.43. The summed E-state index contributed by atoms with van der Waals surface area (Å²) in [5, 5.41) is 20.7. The third-order valence-electron chi connectivity index (χ3n) is 5.94. The number of aryl methyl sites for hydroxylation is 1. The molecule has 0 saturated heterocycles. The number of nitriles is 1. The molecule has 8 heteroatoms. The number of aliphatic hydroxyl groups is 1. The van der Waals surface area contributed by atoms with E-state index in [4.69, 9.17) is 5.26 Å². The van der Waals surface area contributed by atoms with E-state index in [9.17, 15) is 19.1 Å². The minimum Gasteiger partial charge on any atom is -0.503 e. The average Bonchev–Trinajstić information content (AvgIpc) is 3.42. The van der Waals surface area contributed by atoms with Crippen molar-refractivity contribution in [1.82, 2.24) is 4.98 Å². The maximum absolute atomic E-state index is 13.9. The number of halogens is 1. The number of benzene rings is 3. The van der Waals surface area contributed by atoms with E-state index in [1.165, 1.54) is 40.5 Å². The Kier molecular flexibility index (Phi) is 5.92. The Labute approximate surface area is 210 Å². The van der Waals surface area contributed by atoms with E-state index in [1.807, 2.05) is 36.4 Å². The highest BCUT2D eigenvalue weighted by atomic mass is 32.1. The Bertz CT molecular complexity index is 1550. The number of anilines is 1. The van der Waals surface area contributed by atoms with Gasteiger partial charge in [-0.15, -0.1) is 11.3 Å². The summed E-state index contributed by atoms with van der Waals surface area (Å²) in [6, 6.07) is 22.1. The average molecular weight is 496 g/mol. The molecule has 1 amide bonds. The van der Waals surface area contributed by atoms with Gasteiger partial charge in [0.05, 0.1) is 33.8 Å². The highest BCUT2D eigenvalue weighted by Crippen LogP contribution is 2.43. The molecule has 36 heavy (non-hydrogen) atoms. The second kappa shape index (κ2) is 9.21. The molecular weight excluding hydrogens is 477 g/mol. The lowest BCUT2D eigenvalue weighted by Crippen LogP contribution is -2.31. The fraction of sp³-hybridized carbons (Fsp3) is 0.0714. The number of amides is 1. The fourth-order valence-electron chi connectivity index (χ4n) is 4.19. The van der Waals surface area contributed by atoms with E-state index in [0.29, 0.717) is 32.4 Å². The van der Waals surface area contributed by atoms with E-state index < -0.39 is 29.3 Å². The Balaban J connectivity index is 1.62. The van der Waals surface area contributed by atoms with Gasteiger partial charge < -0.3 is 5.11 Å². The van der Waals surface area contributed by atoms with Crippen LogP contribution in [0.3, 0.4) is 0 Å². The first kappa shape index (κ1) is 23.1. The standard InChI is InChI=1S/C28H18FN3O3S/c1-16-26(36-27(31-16)19-5-3-2-4-6-19)24(33)22-23(18-9-11-20(29)12-10-18)32(28(35)25(22)34)21-13-7-17(15-30)8-14-21/h2-14,23,34H,1H3. The second-order valence-electron chi connectivity index (χ2n) is 8.18. The number of aromatic nitrogens is 1. The number of hydrogen-bond acceptors (Lipinski definition) is 6. The van der Waals surface area contributed by atoms with Gasteiger partial charge in [-0.2, -0.15) is 5.26 Å². The summed E-state index contributed by atoms with van der Waals surface area (Å²) in [6.45, 7) is 1.70. The summed E-state index contributed by atoms with van der Waals surface area (Å²) < 4.78 is 13.7. The van der Waals surface area contributed by atoms with Crippen LogP contribution in [0.1, 0.15) is 32.5 Å². The highest BCUT2D eigenvalue weighted by molar-refractivity contribution is 7.17. The number of ketones is 1. The van der Waals surface area contributed by atoms with Gasteiger partial charge in [-0.25, -0.2) is 9.37 Å². The third kappa shape index (κ3) is 3.96. The number of hydrogen-bond donors (Lipinski definition) is 1. The zero-order valence-electron chi connectivity index (χ0n) is 19.0. The van der Waals surface area contributed by atoms with Crippen LogP contribution in [0.15, 0.2) is 90.2 Å². The second-order valence-corrected chi connectivity index (χ2v) is 9.18. The van der Waals surface area contributed by atoms with Crippen molar-refractivity contribution in [2.45, 2.75) is 13.0 Å². The maximum Gasteiger partial charge on any atom is 0.294 e. The largest absolute Gasteiger partial charge is 0.503 e. The molecule has 1 N–H and O–H groups in total. The smallest absolute Gasteiger partial charge is 0.294 e. The molecule has 1 unspecified atom stereocenters. The molecule has 1 atom stereocenters. The molecule has 176 valence electrons. The monoisotopic (exact) mass is 495 g/mol. The summed E-state index contributed by atoms with van der Waals surface area (Å²) >= 11 is 1.18. The summed E-state index contributed by atoms with van der Waals surface area (Å²) in [7, 11) is 0. The number of rotatable bonds is 5. The van der Waals surface area contributed by atoms with Crippen LogP contribution < -0.4 is 4.90 Å². The van der Waals surface area contributed by atoms with Crippen LogP contribution in [0, 0.1) is 24.1 Å². The fourth-order valence-corrected chi connectivity index (χ4v) is 5.22. The van der Waals surface area contributed by atoms with E-state index in [2.05, 4.69) is 4.98 Å². The minimum atomic E-state index is -1.000. The van der Waals surface area contributed by atoms with Crippen LogP contribution in [-0.4, -0.2) is 21.8 Å². The van der Waals surface area contributed by atoms with Crippen LogP contribution in [0.4, 0.5) is 10.1 Å². The van der Waals surface area contributed by atoms with Crippen molar-refractivity contribution in [3.8, 4) is 16.6 Å². The SMILES string of the molecule is Cc1nc(-c2ccccc2)sc1C(=O)C1=C(O)C(=O)N(c2ccc(C#N)cc2)C1c1ccc(F)cc1. The van der Waals surface area contributed by atoms with Crippen LogP contribution >= 0.6 is 11.3 Å². The van der Waals surface area contributed by atoms with Crippen LogP contribution in [0.2, 0.25) is 0 Å². The van der Waals surface area contributed by atoms with Crippen molar-refractivity contribution >= 4 is 28.7 Å². The summed E-state index contributed by atoms with van der Waals surface area (Å²) in [6.07, 6.45) is 0. The Hall–Kier alpha value is -4.61. The maximum atomic E-state index is 13.9. The van der Waals surface area contributed by atoms with Gasteiger partial charge in [0.2, 0.25) is 5.78 Å². The predicted molar refractivity (Wildman–Crippen MR) is 134 cm³/mol.